The van der Waals surface area contributed by atoms with Crippen LogP contribution in [0.25, 0.3) is 0 Å². The van der Waals surface area contributed by atoms with Crippen LogP contribution < -0.4 is 11.2 Å². The van der Waals surface area contributed by atoms with Gasteiger partial charge in [0.25, 0.3) is 5.56 Å². The van der Waals surface area contributed by atoms with Crippen LogP contribution in [0.3, 0.4) is 0 Å². The van der Waals surface area contributed by atoms with Gasteiger partial charge in [0.05, 0.1) is 19.3 Å². The smallest absolute Gasteiger partial charge is 0.382 e. The van der Waals surface area contributed by atoms with Gasteiger partial charge in [0.15, 0.2) is 0 Å². The molecule has 1 aliphatic heterocycles. The number of aromatic nitrogens is 3. The van der Waals surface area contributed by atoms with E-state index in [1.54, 1.807) is 24.5 Å². The van der Waals surface area contributed by atoms with E-state index in [-0.39, 0.29) is 26.4 Å². The van der Waals surface area contributed by atoms with Crippen LogP contribution in [0.4, 0.5) is 0 Å². The van der Waals surface area contributed by atoms with Crippen molar-refractivity contribution >= 4 is 8.17 Å². The van der Waals surface area contributed by atoms with Crippen LogP contribution in [0.15, 0.2) is 46.4 Å². The van der Waals surface area contributed by atoms with Crippen molar-refractivity contribution in [1.82, 2.24) is 14.5 Å². The molecule has 0 radical (unpaired) electrons. The van der Waals surface area contributed by atoms with Gasteiger partial charge < -0.3 is 14.2 Å². The molecule has 1 saturated heterocycles. The number of H-pyrrole nitrogens is 1. The Hall–Kier alpha value is -2.02. The molecule has 1 fully saturated rings. The standard InChI is InChI=1S/C19H26N3O9P/c1-27-11-16(28-10-14-4-7-20-8-5-14)13-30-32(25,26)29-12-15-2-3-18(31-15)22-9-6-17(23)21-19(22)24/h4-9,15-16,18,25-26H,2-3,10-13H2,1H3/p+1. The number of methoxy groups -OCH3 is 1. The first-order valence-corrected chi connectivity index (χ1v) is 11.5. The summed E-state index contributed by atoms with van der Waals surface area (Å²) in [5.41, 5.74) is -0.164. The Morgan fingerprint density at radius 2 is 2.00 bits per heavy atom. The number of aromatic amines is 1. The van der Waals surface area contributed by atoms with E-state index >= 15 is 0 Å². The number of rotatable bonds is 12. The quantitative estimate of drug-likeness (QED) is 0.373. The van der Waals surface area contributed by atoms with Gasteiger partial charge in [0.2, 0.25) is 0 Å². The number of nitrogens with one attached hydrogen (secondary N) is 1. The van der Waals surface area contributed by atoms with Crippen LogP contribution in [0, 0.1) is 0 Å². The summed E-state index contributed by atoms with van der Waals surface area (Å²) in [6, 6.07) is 4.84. The highest BCUT2D eigenvalue weighted by molar-refractivity contribution is 7.54. The van der Waals surface area contributed by atoms with Crippen molar-refractivity contribution in [3.8, 4) is 0 Å². The van der Waals surface area contributed by atoms with Gasteiger partial charge in [-0.3, -0.25) is 19.3 Å². The number of hydrogen-bond donors (Lipinski definition) is 3. The number of ether oxygens (including phenoxy) is 3. The molecule has 32 heavy (non-hydrogen) atoms. The Balaban J connectivity index is 1.43. The summed E-state index contributed by atoms with van der Waals surface area (Å²) < 4.78 is 28.1. The van der Waals surface area contributed by atoms with Gasteiger partial charge >= 0.3 is 13.9 Å². The normalized spacial score (nSPS) is 19.8. The topological polar surface area (TPSA) is 154 Å². The fourth-order valence-electron chi connectivity index (χ4n) is 3.09. The van der Waals surface area contributed by atoms with Gasteiger partial charge in [-0.05, 0) is 30.5 Å². The average molecular weight is 472 g/mol. The highest BCUT2D eigenvalue weighted by atomic mass is 31.2. The van der Waals surface area contributed by atoms with Gasteiger partial charge in [-0.15, -0.1) is 0 Å². The molecule has 3 atom stereocenters. The molecule has 0 aromatic carbocycles. The van der Waals surface area contributed by atoms with E-state index in [1.807, 2.05) is 0 Å². The minimum Gasteiger partial charge on any atom is -0.382 e. The number of pyridine rings is 1. The Kier molecular flexibility index (Phi) is 9.02. The molecule has 1 aliphatic rings. The molecule has 0 amide bonds. The highest BCUT2D eigenvalue weighted by Crippen LogP contribution is 2.53. The predicted octanol–water partition coefficient (Wildman–Crippen LogP) is 0.536. The molecule has 2 aromatic rings. The molecule has 3 N–H and O–H groups in total. The average Bonchev–Trinajstić information content (AvgIpc) is 3.24. The Bertz CT molecular complexity index is 953. The lowest BCUT2D eigenvalue weighted by Gasteiger charge is -2.18. The first kappa shape index (κ1) is 24.6. The molecule has 176 valence electrons. The van der Waals surface area contributed by atoms with Crippen LogP contribution in [0.1, 0.15) is 24.6 Å². The van der Waals surface area contributed by atoms with E-state index in [2.05, 4.69) is 9.97 Å². The monoisotopic (exact) mass is 472 g/mol. The minimum atomic E-state index is -4.12. The van der Waals surface area contributed by atoms with E-state index in [9.17, 15) is 19.4 Å². The zero-order valence-corrected chi connectivity index (χ0v) is 18.4. The molecule has 2 aromatic heterocycles. The van der Waals surface area contributed by atoms with Gasteiger partial charge in [-0.25, -0.2) is 4.79 Å². The Morgan fingerprint density at radius 3 is 2.72 bits per heavy atom. The van der Waals surface area contributed by atoms with Gasteiger partial charge in [0, 0.05) is 31.8 Å². The lowest BCUT2D eigenvalue weighted by Crippen LogP contribution is -2.31. The maximum absolute atomic E-state index is 11.9. The molecule has 3 rings (SSSR count). The van der Waals surface area contributed by atoms with E-state index in [0.29, 0.717) is 12.8 Å². The van der Waals surface area contributed by atoms with Crippen LogP contribution in [-0.4, -0.2) is 63.5 Å². The molecular formula is C19H27N3O9P+. The molecule has 0 saturated carbocycles. The second-order valence-corrected chi connectivity index (χ2v) is 8.63. The summed E-state index contributed by atoms with van der Waals surface area (Å²) in [4.78, 5) is 49.4. The SMILES string of the molecule is COCC(CO[P+](O)(O)OCC1CCC(n2ccc(=O)[nH]c2=O)O1)OCc1ccncc1. The van der Waals surface area contributed by atoms with Crippen molar-refractivity contribution in [3.05, 3.63) is 63.2 Å². The van der Waals surface area contributed by atoms with Crippen molar-refractivity contribution in [2.24, 2.45) is 0 Å². The Labute approximate surface area is 184 Å². The number of hydrogen-bond acceptors (Lipinski definition) is 10. The van der Waals surface area contributed by atoms with Crippen molar-refractivity contribution in [1.29, 1.82) is 0 Å². The largest absolute Gasteiger partial charge is 0.570 e. The molecule has 3 heterocycles. The fraction of sp³-hybridized carbons (Fsp3) is 0.526. The Morgan fingerprint density at radius 1 is 1.22 bits per heavy atom. The van der Waals surface area contributed by atoms with Crippen molar-refractivity contribution in [3.63, 3.8) is 0 Å². The lowest BCUT2D eigenvalue weighted by atomic mass is 10.2. The van der Waals surface area contributed by atoms with Crippen molar-refractivity contribution in [2.75, 3.05) is 26.9 Å². The third-order valence-corrected chi connectivity index (χ3v) is 5.66. The molecule has 0 aliphatic carbocycles. The van der Waals surface area contributed by atoms with E-state index in [0.717, 1.165) is 5.56 Å². The zero-order chi connectivity index (χ0) is 23.0. The second-order valence-electron chi connectivity index (χ2n) is 7.13. The maximum atomic E-state index is 11.9. The third kappa shape index (κ3) is 7.54. The van der Waals surface area contributed by atoms with Gasteiger partial charge in [-0.2, -0.15) is 18.8 Å². The summed E-state index contributed by atoms with van der Waals surface area (Å²) >= 11 is 0. The van der Waals surface area contributed by atoms with Crippen molar-refractivity contribution in [2.45, 2.75) is 37.9 Å². The predicted molar refractivity (Wildman–Crippen MR) is 112 cm³/mol. The first-order chi connectivity index (χ1) is 15.4. The molecule has 13 heteroatoms. The van der Waals surface area contributed by atoms with Gasteiger partial charge in [-0.1, -0.05) is 0 Å². The minimum absolute atomic E-state index is 0.137. The maximum Gasteiger partial charge on any atom is 0.570 e. The van der Waals surface area contributed by atoms with E-state index in [1.165, 1.54) is 23.9 Å². The molecule has 12 nitrogen and oxygen atoms in total. The summed E-state index contributed by atoms with van der Waals surface area (Å²) in [6.45, 7) is 0.180. The summed E-state index contributed by atoms with van der Waals surface area (Å²) in [5, 5.41) is 0. The lowest BCUT2D eigenvalue weighted by molar-refractivity contribution is -0.0519. The van der Waals surface area contributed by atoms with Crippen molar-refractivity contribution < 1.29 is 33.0 Å². The van der Waals surface area contributed by atoms with Crippen LogP contribution in [0.2, 0.25) is 0 Å². The van der Waals surface area contributed by atoms with E-state index < -0.39 is 37.9 Å². The zero-order valence-electron chi connectivity index (χ0n) is 17.5. The number of nitrogens with zero attached hydrogens (tertiary/aromatic N) is 2. The summed E-state index contributed by atoms with van der Waals surface area (Å²) in [5.74, 6) is 0. The molecular weight excluding hydrogens is 445 g/mol. The molecule has 0 spiro atoms. The fourth-order valence-corrected chi connectivity index (χ4v) is 3.88. The second kappa shape index (κ2) is 11.7. The van der Waals surface area contributed by atoms with Crippen LogP contribution >= 0.6 is 8.17 Å². The van der Waals surface area contributed by atoms with Crippen LogP contribution in [-0.2, 0) is 29.9 Å². The van der Waals surface area contributed by atoms with E-state index in [4.69, 9.17) is 23.3 Å². The first-order valence-electron chi connectivity index (χ1n) is 9.96. The highest BCUT2D eigenvalue weighted by Gasteiger charge is 2.42. The van der Waals surface area contributed by atoms with Crippen LogP contribution in [0.5, 0.6) is 0 Å². The summed E-state index contributed by atoms with van der Waals surface area (Å²) in [6.07, 6.45) is 4.08. The molecule has 0 bridgehead atoms. The molecule has 3 unspecified atom stereocenters. The van der Waals surface area contributed by atoms with Gasteiger partial charge in [0.1, 0.15) is 25.5 Å². The summed E-state index contributed by atoms with van der Waals surface area (Å²) in [7, 11) is -2.62. The third-order valence-electron chi connectivity index (χ3n) is 4.69.